The van der Waals surface area contributed by atoms with E-state index in [1.54, 1.807) is 41.5 Å². The van der Waals surface area contributed by atoms with Gasteiger partial charge in [-0.15, -0.1) is 0 Å². The second-order valence-corrected chi connectivity index (χ2v) is 21.1. The number of para-hydroxylation sites is 4. The lowest BCUT2D eigenvalue weighted by molar-refractivity contribution is 0.470. The number of anilines is 8. The van der Waals surface area contributed by atoms with Crippen LogP contribution in [0.15, 0.2) is 203 Å². The summed E-state index contributed by atoms with van der Waals surface area (Å²) in [5, 5.41) is -1.70. The van der Waals surface area contributed by atoms with Gasteiger partial charge >= 0.3 is 0 Å². The van der Waals surface area contributed by atoms with Crippen LogP contribution in [0, 0.1) is 12.3 Å². The molecule has 2 unspecified atom stereocenters. The molecule has 16 rings (SSSR count). The predicted octanol–water partition coefficient (Wildman–Crippen LogP) is 16.8. The monoisotopic (exact) mass is 999 g/mol. The molecular formula is C69H55BN4O. The lowest BCUT2D eigenvalue weighted by atomic mass is 9.33. The third kappa shape index (κ3) is 5.85. The fourth-order valence-electron chi connectivity index (χ4n) is 11.2. The van der Waals surface area contributed by atoms with Crippen LogP contribution in [0.1, 0.15) is 114 Å². The first-order chi connectivity index (χ1) is 49.8. The number of benzene rings is 9. The maximum atomic E-state index is 11.1. The van der Waals surface area contributed by atoms with Gasteiger partial charge in [-0.25, -0.2) is 0 Å². The number of aromatic nitrogens is 1. The average Bonchev–Trinajstić information content (AvgIpc) is 1.65. The Bertz CT molecular complexity index is 6290. The molecule has 5 nitrogen and oxygen atoms in total. The normalized spacial score (nSPS) is 23.3. The number of nitrogens with zero attached hydrogens (tertiary/aromatic N) is 4. The fourth-order valence-corrected chi connectivity index (χ4v) is 11.2. The molecule has 11 aromatic rings. The predicted molar refractivity (Wildman–Crippen MR) is 316 cm³/mol. The molecule has 0 saturated heterocycles. The zero-order valence-corrected chi connectivity index (χ0v) is 40.9. The van der Waals surface area contributed by atoms with Gasteiger partial charge in [-0.3, -0.25) is 0 Å². The highest BCUT2D eigenvalue weighted by Crippen LogP contribution is 2.56. The minimum absolute atomic E-state index is 0.0280. The van der Waals surface area contributed by atoms with Gasteiger partial charge in [0.2, 0.25) is 0 Å². The van der Waals surface area contributed by atoms with Crippen LogP contribution in [0.2, 0.25) is 0 Å². The van der Waals surface area contributed by atoms with Gasteiger partial charge in [-0.05, 0) is 147 Å². The summed E-state index contributed by atoms with van der Waals surface area (Å²) in [6, 6.07) is -25.4. The molecule has 6 heterocycles. The second-order valence-electron chi connectivity index (χ2n) is 21.1. The van der Waals surface area contributed by atoms with Crippen molar-refractivity contribution in [3.05, 3.63) is 215 Å². The van der Waals surface area contributed by atoms with Crippen LogP contribution in [0.25, 0.3) is 60.6 Å². The highest BCUT2D eigenvalue weighted by atomic mass is 16.3. The number of rotatable bonds is 3. The van der Waals surface area contributed by atoms with E-state index in [9.17, 15) is 32.9 Å². The molecule has 360 valence electrons. The maximum Gasteiger partial charge on any atom is 0.252 e. The maximum absolute atomic E-state index is 11.1. The Morgan fingerprint density at radius 3 is 2.11 bits per heavy atom. The van der Waals surface area contributed by atoms with E-state index in [1.165, 1.54) is 6.92 Å². The standard InChI is InChI=1S/C69H55BN4O/c1-40-35-60-65-61(36-40)74-57-21-12-18-48-47-15-8-10-20-54(47)73(66(48)57)58-22-14-19-53(67(58)74)70(65)52-32-31-45(72-55-33-27-42(68(2,3)4)37-50(55)51-38-43(69(5,6)7)28-34-56(51)72)39-59(52)71(60)44-29-25-41(26-30-44)46-17-13-24-63-64(46)49-16-9-11-23-62(49)75-63/h8-37,39,51H,38H2,1-7H3/i8D,9D,10D,11D,12D,13D,14D,15D,16D,17D,18D,19D,20D,21D,22D,23D,24D,25D,26D,27D,28D,29D,30D,31D,32D,33D,34D,35D,36D,37D,38D,39D. The summed E-state index contributed by atoms with van der Waals surface area (Å²) in [5.41, 5.74) is -13.0. The van der Waals surface area contributed by atoms with Gasteiger partial charge in [0.15, 0.2) is 0 Å². The summed E-state index contributed by atoms with van der Waals surface area (Å²) < 4.78 is 319. The number of furan rings is 1. The van der Waals surface area contributed by atoms with E-state index in [4.69, 9.17) is 15.4 Å². The zero-order valence-electron chi connectivity index (χ0n) is 72.9. The zero-order chi connectivity index (χ0) is 78.2. The summed E-state index contributed by atoms with van der Waals surface area (Å²) in [5.74, 6) is -1.50. The van der Waals surface area contributed by atoms with Gasteiger partial charge in [0.05, 0.1) is 70.6 Å². The van der Waals surface area contributed by atoms with Gasteiger partial charge < -0.3 is 23.7 Å². The Morgan fingerprint density at radius 2 is 1.28 bits per heavy atom. The molecule has 0 bridgehead atoms. The number of fused-ring (bicyclic) bond motifs is 15. The topological polar surface area (TPSA) is 27.8 Å². The smallest absolute Gasteiger partial charge is 0.252 e. The van der Waals surface area contributed by atoms with Crippen molar-refractivity contribution in [1.82, 2.24) is 4.57 Å². The lowest BCUT2D eigenvalue weighted by Crippen LogP contribution is -2.61. The van der Waals surface area contributed by atoms with Crippen LogP contribution < -0.4 is 31.1 Å². The molecule has 6 heteroatoms. The lowest BCUT2D eigenvalue weighted by Gasteiger charge is -2.46. The Morgan fingerprint density at radius 1 is 0.560 bits per heavy atom. The molecule has 0 N–H and O–H groups in total. The summed E-state index contributed by atoms with van der Waals surface area (Å²) in [6.07, 6.45) is -1.56. The molecule has 0 amide bonds. The van der Waals surface area contributed by atoms with E-state index in [1.807, 2.05) is 0 Å². The highest BCUT2D eigenvalue weighted by Gasteiger charge is 2.47. The number of hydrogen-bond donors (Lipinski definition) is 0. The minimum Gasteiger partial charge on any atom is -0.456 e. The van der Waals surface area contributed by atoms with Crippen molar-refractivity contribution in [2.45, 2.75) is 66.2 Å². The average molecular weight is 999 g/mol. The van der Waals surface area contributed by atoms with Gasteiger partial charge in [-0.2, -0.15) is 0 Å². The van der Waals surface area contributed by atoms with Crippen LogP contribution >= 0.6 is 0 Å². The van der Waals surface area contributed by atoms with Gasteiger partial charge in [0, 0.05) is 68.7 Å². The van der Waals surface area contributed by atoms with E-state index in [2.05, 4.69) is 0 Å². The molecule has 1 aliphatic carbocycles. The van der Waals surface area contributed by atoms with Crippen LogP contribution in [0.5, 0.6) is 0 Å². The molecule has 5 aliphatic rings. The van der Waals surface area contributed by atoms with Crippen LogP contribution in [0.3, 0.4) is 0 Å². The first-order valence-electron chi connectivity index (χ1n) is 40.2. The molecule has 4 aliphatic heterocycles. The summed E-state index contributed by atoms with van der Waals surface area (Å²) >= 11 is 0. The molecule has 0 spiro atoms. The first kappa shape index (κ1) is 22.2. The molecule has 75 heavy (non-hydrogen) atoms. The highest BCUT2D eigenvalue weighted by molar-refractivity contribution is 7.00. The number of allylic oxidation sites excluding steroid dienone is 4. The van der Waals surface area contributed by atoms with Gasteiger partial charge in [0.1, 0.15) is 11.2 Å². The Kier molecular flexibility index (Phi) is 4.39. The SMILES string of the molecule is [2H]C1=C2C(c3c([2H])c(C(C)(C)C)c([2H])c([2H])c3N2c2c([2H])c([2H])c3c(c2[2H])N(c2c([2H])c([2H])c(-c4c([2H])c([2H])c([2H])c5oc6c([2H])c([2H])c([2H])c([2H])c6c45)c([2H])c2[2H])c2c([2H])c(C)c([2H])c4c2B3c2c([2H])c([2H])c([2H])c3c2N4c2c([2H])c([2H])c([2H])c4c5c([2H])c([2H])c([2H])c([2H])c5n-3c24)C([2H])C(C(C)(C)C)=C1[2H]. The van der Waals surface area contributed by atoms with E-state index in [0.717, 1.165) is 19.3 Å². The summed E-state index contributed by atoms with van der Waals surface area (Å²) in [7, 11) is 0. The Hall–Kier alpha value is -8.48. The Labute approximate surface area is 483 Å². The van der Waals surface area contributed by atoms with Gasteiger partial charge in [-0.1, -0.05) is 156 Å². The molecule has 2 atom stereocenters. The molecule has 0 radical (unpaired) electrons. The van der Waals surface area contributed by atoms with E-state index in [0.29, 0.717) is 0 Å². The molecule has 0 saturated carbocycles. The van der Waals surface area contributed by atoms with Crippen molar-refractivity contribution in [1.29, 1.82) is 0 Å². The summed E-state index contributed by atoms with van der Waals surface area (Å²) in [4.78, 5) is 2.99. The van der Waals surface area contributed by atoms with E-state index < -0.39 is 317 Å². The van der Waals surface area contributed by atoms with Gasteiger partial charge in [0.25, 0.3) is 6.71 Å². The van der Waals surface area contributed by atoms with Crippen molar-refractivity contribution in [3.63, 3.8) is 0 Å². The van der Waals surface area contributed by atoms with Crippen LogP contribution in [0.4, 0.5) is 45.5 Å². The van der Waals surface area contributed by atoms with Crippen molar-refractivity contribution in [3.8, 4) is 16.8 Å². The second kappa shape index (κ2) is 14.9. The first-order valence-corrected chi connectivity index (χ1v) is 24.2. The third-order valence-electron chi connectivity index (χ3n) is 14.6. The van der Waals surface area contributed by atoms with E-state index >= 15 is 0 Å². The van der Waals surface area contributed by atoms with Crippen molar-refractivity contribution >= 4 is 112 Å². The van der Waals surface area contributed by atoms with Crippen molar-refractivity contribution < 1.29 is 48.3 Å². The van der Waals surface area contributed by atoms with Crippen LogP contribution in [-0.2, 0) is 5.41 Å². The van der Waals surface area contributed by atoms with Crippen molar-refractivity contribution in [2.75, 3.05) is 14.7 Å². The van der Waals surface area contributed by atoms with Crippen LogP contribution in [-0.4, -0.2) is 11.3 Å². The molecular weight excluding hydrogens is 912 g/mol. The van der Waals surface area contributed by atoms with E-state index in [-0.39, 0.29) is 50.3 Å². The quantitative estimate of drug-likeness (QED) is 0.165. The molecule has 0 fully saturated rings. The van der Waals surface area contributed by atoms with Crippen molar-refractivity contribution in [2.24, 2.45) is 5.41 Å². The fraction of sp³-hybridized carbons (Fsp3) is 0.159. The summed E-state index contributed by atoms with van der Waals surface area (Å²) in [6.45, 7) is 9.48. The third-order valence-corrected chi connectivity index (χ3v) is 14.6. The Balaban J connectivity index is 1.13. The molecule has 2 aromatic heterocycles. The molecule has 9 aromatic carbocycles. The largest absolute Gasteiger partial charge is 0.456 e. The minimum atomic E-state index is -2.02. The number of hydrogen-bond acceptors (Lipinski definition) is 4.